The van der Waals surface area contributed by atoms with Crippen LogP contribution in [0.1, 0.15) is 5.56 Å². The van der Waals surface area contributed by atoms with Crippen molar-refractivity contribution in [3.63, 3.8) is 0 Å². The van der Waals surface area contributed by atoms with Gasteiger partial charge in [-0.05, 0) is 11.6 Å². The zero-order chi connectivity index (χ0) is 16.2. The van der Waals surface area contributed by atoms with Crippen molar-refractivity contribution in [2.45, 2.75) is 18.2 Å². The summed E-state index contributed by atoms with van der Waals surface area (Å²) in [6, 6.07) is 7.48. The number of hydrogen-bond donors (Lipinski definition) is 1. The van der Waals surface area contributed by atoms with Crippen molar-refractivity contribution >= 4 is 23.4 Å². The second kappa shape index (κ2) is 5.08. The third-order valence-corrected chi connectivity index (χ3v) is 5.42. The fraction of sp³-hybridized carbons (Fsp3) is 0.412. The molecular weight excluding hydrogens is 316 g/mol. The van der Waals surface area contributed by atoms with Crippen LogP contribution >= 0.6 is 11.6 Å². The third kappa shape index (κ3) is 2.03. The van der Waals surface area contributed by atoms with E-state index in [0.717, 1.165) is 5.56 Å². The molecule has 5 nitrogen and oxygen atoms in total. The van der Waals surface area contributed by atoms with Crippen LogP contribution in [0.3, 0.4) is 0 Å². The molecule has 4 rings (SSSR count). The molecule has 2 fully saturated rings. The summed E-state index contributed by atoms with van der Waals surface area (Å²) in [5, 5.41) is 3.29. The Morgan fingerprint density at radius 2 is 2.26 bits per heavy atom. The number of carbonyl (C=O) groups is 2. The van der Waals surface area contributed by atoms with E-state index in [2.05, 4.69) is 5.32 Å². The third-order valence-electron chi connectivity index (χ3n) is 5.05. The van der Waals surface area contributed by atoms with Crippen molar-refractivity contribution in [1.29, 1.82) is 0 Å². The van der Waals surface area contributed by atoms with Crippen LogP contribution in [0.25, 0.3) is 0 Å². The number of amides is 2. The lowest BCUT2D eigenvalue weighted by atomic mass is 9.77. The quantitative estimate of drug-likeness (QED) is 0.850. The molecule has 2 bridgehead atoms. The van der Waals surface area contributed by atoms with E-state index in [1.165, 1.54) is 0 Å². The van der Waals surface area contributed by atoms with Gasteiger partial charge >= 0.3 is 0 Å². The second-order valence-electron chi connectivity index (χ2n) is 6.30. The molecule has 2 saturated heterocycles. The minimum absolute atomic E-state index is 0.0367. The Labute approximate surface area is 139 Å². The summed E-state index contributed by atoms with van der Waals surface area (Å²) >= 11 is 6.20. The first-order valence-corrected chi connectivity index (χ1v) is 8.04. The minimum Gasteiger partial charge on any atom is -0.360 e. The van der Waals surface area contributed by atoms with Gasteiger partial charge in [0, 0.05) is 18.6 Å². The molecule has 0 radical (unpaired) electrons. The summed E-state index contributed by atoms with van der Waals surface area (Å²) < 4.78 is 6.02. The van der Waals surface area contributed by atoms with E-state index >= 15 is 0 Å². The van der Waals surface area contributed by atoms with Crippen LogP contribution in [0.4, 0.5) is 0 Å². The van der Waals surface area contributed by atoms with Gasteiger partial charge in [-0.1, -0.05) is 42.0 Å². The highest BCUT2D eigenvalue weighted by Gasteiger charge is 2.66. The number of fused-ring (bicyclic) bond motifs is 1. The van der Waals surface area contributed by atoms with Crippen molar-refractivity contribution in [3.05, 3.63) is 47.0 Å². The van der Waals surface area contributed by atoms with E-state index < -0.39 is 17.4 Å². The lowest BCUT2D eigenvalue weighted by Crippen LogP contribution is -2.43. The number of nitrogens with one attached hydrogen (secondary N) is 1. The Hall–Kier alpha value is -1.85. The predicted octanol–water partition coefficient (Wildman–Crippen LogP) is 1.37. The van der Waals surface area contributed by atoms with Crippen LogP contribution in [0.5, 0.6) is 0 Å². The molecule has 4 unspecified atom stereocenters. The van der Waals surface area contributed by atoms with Crippen molar-refractivity contribution in [3.8, 4) is 0 Å². The zero-order valence-electron chi connectivity index (χ0n) is 12.7. The van der Waals surface area contributed by atoms with Gasteiger partial charge in [0.1, 0.15) is 5.60 Å². The Balaban J connectivity index is 1.63. The van der Waals surface area contributed by atoms with Gasteiger partial charge in [0.15, 0.2) is 0 Å². The van der Waals surface area contributed by atoms with E-state index in [-0.39, 0.29) is 17.9 Å². The van der Waals surface area contributed by atoms with E-state index in [0.29, 0.717) is 18.1 Å². The van der Waals surface area contributed by atoms with E-state index in [1.54, 1.807) is 11.9 Å². The molecule has 2 amide bonds. The van der Waals surface area contributed by atoms with Crippen LogP contribution < -0.4 is 5.32 Å². The molecule has 0 aliphatic carbocycles. The van der Waals surface area contributed by atoms with Crippen molar-refractivity contribution in [1.82, 2.24) is 10.2 Å². The fourth-order valence-electron chi connectivity index (χ4n) is 4.01. The minimum atomic E-state index is -0.666. The normalized spacial score (nSPS) is 34.1. The maximum Gasteiger partial charge on any atom is 0.230 e. The van der Waals surface area contributed by atoms with E-state index in [4.69, 9.17) is 16.3 Å². The molecule has 3 heterocycles. The average molecular weight is 333 g/mol. The van der Waals surface area contributed by atoms with Crippen LogP contribution in [0.15, 0.2) is 36.4 Å². The molecule has 6 heteroatoms. The topological polar surface area (TPSA) is 58.6 Å². The van der Waals surface area contributed by atoms with Gasteiger partial charge in [-0.15, -0.1) is 0 Å². The number of carbonyl (C=O) groups excluding carboxylic acids is 2. The number of hydrogen-bond acceptors (Lipinski definition) is 3. The number of benzene rings is 1. The smallest absolute Gasteiger partial charge is 0.230 e. The average Bonchev–Trinajstić information content (AvgIpc) is 3.18. The van der Waals surface area contributed by atoms with Crippen LogP contribution in [0, 0.1) is 11.8 Å². The van der Waals surface area contributed by atoms with Crippen molar-refractivity contribution in [2.75, 3.05) is 13.6 Å². The predicted molar refractivity (Wildman–Crippen MR) is 84.7 cm³/mol. The first kappa shape index (κ1) is 14.7. The van der Waals surface area contributed by atoms with Gasteiger partial charge in [-0.2, -0.15) is 0 Å². The first-order chi connectivity index (χ1) is 11.1. The standard InChI is InChI=1S/C17H17ClN2O3/c1-19-15(21)13-12-6-7-17(23-12)9-20(16(22)14(13)17)8-10-4-2-3-5-11(10)18/h2-7,12-14H,8-9H2,1H3,(H,19,21). The maximum absolute atomic E-state index is 12.9. The van der Waals surface area contributed by atoms with Gasteiger partial charge in [0.2, 0.25) is 11.8 Å². The van der Waals surface area contributed by atoms with Gasteiger partial charge in [0.05, 0.1) is 24.5 Å². The number of ether oxygens (including phenoxy) is 1. The van der Waals surface area contributed by atoms with Crippen LogP contribution in [-0.2, 0) is 20.9 Å². The summed E-state index contributed by atoms with van der Waals surface area (Å²) in [5.41, 5.74) is 0.231. The summed E-state index contributed by atoms with van der Waals surface area (Å²) in [6.07, 6.45) is 3.56. The van der Waals surface area contributed by atoms with Crippen LogP contribution in [-0.4, -0.2) is 42.0 Å². The van der Waals surface area contributed by atoms with Gasteiger partial charge in [0.25, 0.3) is 0 Å². The molecular formula is C17H17ClN2O3. The SMILES string of the molecule is CNC(=O)C1C2C=CC3(CN(Cc4ccccc4Cl)C(=O)C13)O2. The lowest BCUT2D eigenvalue weighted by Gasteiger charge is -2.22. The van der Waals surface area contributed by atoms with E-state index in [9.17, 15) is 9.59 Å². The summed E-state index contributed by atoms with van der Waals surface area (Å²) in [7, 11) is 1.59. The molecule has 120 valence electrons. The first-order valence-electron chi connectivity index (χ1n) is 7.67. The number of nitrogens with zero attached hydrogens (tertiary/aromatic N) is 1. The fourth-order valence-corrected chi connectivity index (χ4v) is 4.21. The molecule has 0 saturated carbocycles. The van der Waals surface area contributed by atoms with Gasteiger partial charge < -0.3 is 15.0 Å². The number of halogens is 1. The Bertz CT molecular complexity index is 720. The molecule has 1 spiro atoms. The Morgan fingerprint density at radius 3 is 3.00 bits per heavy atom. The molecule has 1 aromatic rings. The number of likely N-dealkylation sites (tertiary alicyclic amines) is 1. The molecule has 1 N–H and O–H groups in total. The maximum atomic E-state index is 12.9. The highest BCUT2D eigenvalue weighted by molar-refractivity contribution is 6.31. The monoisotopic (exact) mass is 332 g/mol. The molecule has 3 aliphatic heterocycles. The highest BCUT2D eigenvalue weighted by atomic mass is 35.5. The summed E-state index contributed by atoms with van der Waals surface area (Å²) in [4.78, 5) is 26.8. The molecule has 1 aromatic carbocycles. The number of rotatable bonds is 3. The molecule has 0 aromatic heterocycles. The van der Waals surface area contributed by atoms with Crippen molar-refractivity contribution < 1.29 is 14.3 Å². The molecule has 4 atom stereocenters. The second-order valence-corrected chi connectivity index (χ2v) is 6.71. The van der Waals surface area contributed by atoms with E-state index in [1.807, 2.05) is 36.4 Å². The molecule has 23 heavy (non-hydrogen) atoms. The highest BCUT2D eigenvalue weighted by Crippen LogP contribution is 2.52. The Morgan fingerprint density at radius 1 is 1.48 bits per heavy atom. The van der Waals surface area contributed by atoms with Crippen LogP contribution in [0.2, 0.25) is 5.02 Å². The lowest BCUT2D eigenvalue weighted by molar-refractivity contribution is -0.137. The van der Waals surface area contributed by atoms with Gasteiger partial charge in [-0.25, -0.2) is 0 Å². The van der Waals surface area contributed by atoms with Crippen molar-refractivity contribution in [2.24, 2.45) is 11.8 Å². The van der Waals surface area contributed by atoms with Gasteiger partial charge in [-0.3, -0.25) is 9.59 Å². The Kier molecular flexibility index (Phi) is 3.25. The molecule has 3 aliphatic rings. The summed E-state index contributed by atoms with van der Waals surface area (Å²) in [5.74, 6) is -1.07. The zero-order valence-corrected chi connectivity index (χ0v) is 13.4. The largest absolute Gasteiger partial charge is 0.360 e. The summed E-state index contributed by atoms with van der Waals surface area (Å²) in [6.45, 7) is 0.890.